The van der Waals surface area contributed by atoms with Gasteiger partial charge in [-0.3, -0.25) is 9.59 Å². The third-order valence-corrected chi connectivity index (χ3v) is 9.14. The fraction of sp³-hybridized carbons (Fsp3) is 0.625. The van der Waals surface area contributed by atoms with E-state index in [9.17, 15) is 9.59 Å². The number of likely N-dealkylation sites (tertiary alicyclic amines) is 1. The number of rotatable bonds is 3. The Balaban J connectivity index is 1.57. The Morgan fingerprint density at radius 1 is 1.10 bits per heavy atom. The summed E-state index contributed by atoms with van der Waals surface area (Å²) in [5.41, 5.74) is 3.50. The van der Waals surface area contributed by atoms with Gasteiger partial charge < -0.3 is 4.90 Å². The van der Waals surface area contributed by atoms with Crippen molar-refractivity contribution in [2.45, 2.75) is 59.8 Å². The van der Waals surface area contributed by atoms with Crippen molar-refractivity contribution in [3.63, 3.8) is 0 Å². The molecule has 2 atom stereocenters. The van der Waals surface area contributed by atoms with Gasteiger partial charge in [-0.25, -0.2) is 5.43 Å². The average Bonchev–Trinajstić information content (AvgIpc) is 3.03. The minimum atomic E-state index is -0.413. The number of amides is 2. The van der Waals surface area contributed by atoms with Crippen LogP contribution in [0, 0.1) is 22.2 Å². The van der Waals surface area contributed by atoms with Crippen LogP contribution in [0.1, 0.15) is 70.2 Å². The normalized spacial score (nSPS) is 31.9. The molecule has 5 nitrogen and oxygen atoms in total. The summed E-state index contributed by atoms with van der Waals surface area (Å²) in [5.74, 6) is 0.778. The SMILES string of the molecule is CC1CCN(C(=O)[C@]23CC[C@](C)(/C(=N/NC(=O)c4ccc(Br)cc4)C2)C3(C)C)CC1. The molecule has 2 bridgehead atoms. The molecule has 2 saturated carbocycles. The fourth-order valence-electron chi connectivity index (χ4n) is 5.82. The summed E-state index contributed by atoms with van der Waals surface area (Å²) in [5, 5.41) is 4.59. The highest BCUT2D eigenvalue weighted by atomic mass is 79.9. The molecule has 0 unspecified atom stereocenters. The van der Waals surface area contributed by atoms with E-state index in [1.807, 2.05) is 12.1 Å². The van der Waals surface area contributed by atoms with Crippen molar-refractivity contribution in [3.8, 4) is 0 Å². The zero-order valence-corrected chi connectivity index (χ0v) is 20.0. The Bertz CT molecular complexity index is 886. The fourth-order valence-corrected chi connectivity index (χ4v) is 6.09. The number of nitrogens with one attached hydrogen (secondary N) is 1. The van der Waals surface area contributed by atoms with Crippen molar-refractivity contribution in [3.05, 3.63) is 34.3 Å². The second-order valence-corrected chi connectivity index (χ2v) is 11.1. The van der Waals surface area contributed by atoms with E-state index in [2.05, 4.69) is 59.1 Å². The van der Waals surface area contributed by atoms with Crippen molar-refractivity contribution < 1.29 is 9.59 Å². The predicted molar refractivity (Wildman–Crippen MR) is 122 cm³/mol. The monoisotopic (exact) mass is 473 g/mol. The number of hydrogen-bond donors (Lipinski definition) is 1. The molecule has 0 aromatic heterocycles. The standard InChI is InChI=1S/C24H32BrN3O2/c1-16-9-13-28(14-10-16)21(30)24-12-11-23(4,22(24,2)3)19(15-24)26-27-20(29)17-5-7-18(25)8-6-17/h5-8,16H,9-15H2,1-4H3,(H,27,29)/b26-19+/t23-,24+/m1/s1. The third kappa shape index (κ3) is 3.14. The molecule has 1 saturated heterocycles. The van der Waals surface area contributed by atoms with Crippen molar-refractivity contribution in [1.82, 2.24) is 10.3 Å². The maximum Gasteiger partial charge on any atom is 0.271 e. The minimum Gasteiger partial charge on any atom is -0.342 e. The van der Waals surface area contributed by atoms with Gasteiger partial charge in [-0.05, 0) is 61.3 Å². The minimum absolute atomic E-state index is 0.182. The molecule has 1 N–H and O–H groups in total. The van der Waals surface area contributed by atoms with E-state index in [0.29, 0.717) is 23.8 Å². The van der Waals surface area contributed by atoms with Crippen LogP contribution in [0.15, 0.2) is 33.8 Å². The van der Waals surface area contributed by atoms with Gasteiger partial charge in [0.25, 0.3) is 5.91 Å². The molecule has 30 heavy (non-hydrogen) atoms. The highest BCUT2D eigenvalue weighted by Gasteiger charge is 2.72. The molecule has 6 heteroatoms. The number of fused-ring (bicyclic) bond motifs is 2. The van der Waals surface area contributed by atoms with Gasteiger partial charge in [0.2, 0.25) is 5.91 Å². The molecular weight excluding hydrogens is 442 g/mol. The van der Waals surface area contributed by atoms with Crippen LogP contribution < -0.4 is 5.43 Å². The lowest BCUT2D eigenvalue weighted by Gasteiger charge is -2.43. The molecule has 1 heterocycles. The number of halogens is 1. The molecule has 162 valence electrons. The van der Waals surface area contributed by atoms with E-state index in [-0.39, 0.29) is 16.7 Å². The van der Waals surface area contributed by atoms with E-state index in [4.69, 9.17) is 0 Å². The van der Waals surface area contributed by atoms with Crippen molar-refractivity contribution in [2.75, 3.05) is 13.1 Å². The van der Waals surface area contributed by atoms with Crippen molar-refractivity contribution in [1.29, 1.82) is 0 Å². The van der Waals surface area contributed by atoms with Gasteiger partial charge in [-0.1, -0.05) is 43.6 Å². The molecule has 3 aliphatic rings. The molecule has 1 aromatic carbocycles. The number of carbonyl (C=O) groups is 2. The largest absolute Gasteiger partial charge is 0.342 e. The lowest BCUT2D eigenvalue weighted by molar-refractivity contribution is -0.148. The highest BCUT2D eigenvalue weighted by molar-refractivity contribution is 9.10. The van der Waals surface area contributed by atoms with Crippen molar-refractivity contribution >= 4 is 33.5 Å². The van der Waals surface area contributed by atoms with Crippen LogP contribution in [-0.2, 0) is 4.79 Å². The van der Waals surface area contributed by atoms with E-state index in [1.54, 1.807) is 12.1 Å². The lowest BCUT2D eigenvalue weighted by Crippen LogP contribution is -2.50. The Morgan fingerprint density at radius 2 is 1.73 bits per heavy atom. The summed E-state index contributed by atoms with van der Waals surface area (Å²) in [6, 6.07) is 7.23. The first kappa shape index (κ1) is 21.5. The Kier molecular flexibility index (Phi) is 5.36. The smallest absolute Gasteiger partial charge is 0.271 e. The van der Waals surface area contributed by atoms with Crippen LogP contribution in [0.4, 0.5) is 0 Å². The molecule has 1 aromatic rings. The van der Waals surface area contributed by atoms with Crippen molar-refractivity contribution in [2.24, 2.45) is 27.3 Å². The summed E-state index contributed by atoms with van der Waals surface area (Å²) in [4.78, 5) is 28.4. The Labute approximate surface area is 187 Å². The predicted octanol–water partition coefficient (Wildman–Crippen LogP) is 5.01. The zero-order chi connectivity index (χ0) is 21.7. The van der Waals surface area contributed by atoms with Crippen LogP contribution in [0.3, 0.4) is 0 Å². The molecule has 2 aliphatic carbocycles. The number of hydrogen-bond acceptors (Lipinski definition) is 3. The van der Waals surface area contributed by atoms with Crippen LogP contribution in [0.2, 0.25) is 0 Å². The maximum absolute atomic E-state index is 13.8. The summed E-state index contributed by atoms with van der Waals surface area (Å²) in [7, 11) is 0. The molecular formula is C24H32BrN3O2. The second-order valence-electron chi connectivity index (χ2n) is 10.2. The van der Waals surface area contributed by atoms with E-state index in [0.717, 1.165) is 49.0 Å². The van der Waals surface area contributed by atoms with Crippen LogP contribution in [0.25, 0.3) is 0 Å². The number of piperidine rings is 1. The van der Waals surface area contributed by atoms with E-state index >= 15 is 0 Å². The van der Waals surface area contributed by atoms with Gasteiger partial charge in [-0.2, -0.15) is 5.10 Å². The van der Waals surface area contributed by atoms with Gasteiger partial charge in [0.15, 0.2) is 0 Å². The number of nitrogens with zero attached hydrogens (tertiary/aromatic N) is 2. The molecule has 0 radical (unpaired) electrons. The first-order valence-electron chi connectivity index (χ1n) is 11.0. The van der Waals surface area contributed by atoms with Gasteiger partial charge >= 0.3 is 0 Å². The van der Waals surface area contributed by atoms with E-state index < -0.39 is 5.41 Å². The topological polar surface area (TPSA) is 61.8 Å². The molecule has 4 rings (SSSR count). The molecule has 3 fully saturated rings. The summed E-state index contributed by atoms with van der Waals surface area (Å²) in [6.45, 7) is 10.7. The Hall–Kier alpha value is -1.69. The molecule has 1 aliphatic heterocycles. The van der Waals surface area contributed by atoms with Crippen LogP contribution >= 0.6 is 15.9 Å². The quantitative estimate of drug-likeness (QED) is 0.626. The summed E-state index contributed by atoms with van der Waals surface area (Å²) in [6.07, 6.45) is 4.65. The number of carbonyl (C=O) groups excluding carboxylic acids is 2. The van der Waals surface area contributed by atoms with Crippen LogP contribution in [-0.4, -0.2) is 35.5 Å². The third-order valence-electron chi connectivity index (χ3n) is 8.61. The highest BCUT2D eigenvalue weighted by Crippen LogP contribution is 2.71. The molecule has 2 amide bonds. The van der Waals surface area contributed by atoms with E-state index in [1.165, 1.54) is 0 Å². The van der Waals surface area contributed by atoms with Gasteiger partial charge in [-0.15, -0.1) is 0 Å². The first-order chi connectivity index (χ1) is 14.1. The molecule has 0 spiro atoms. The zero-order valence-electron chi connectivity index (χ0n) is 18.4. The lowest BCUT2D eigenvalue weighted by atomic mass is 9.64. The second kappa shape index (κ2) is 7.47. The van der Waals surface area contributed by atoms with Gasteiger partial charge in [0.1, 0.15) is 0 Å². The summed E-state index contributed by atoms with van der Waals surface area (Å²) >= 11 is 3.39. The summed E-state index contributed by atoms with van der Waals surface area (Å²) < 4.78 is 0.931. The average molecular weight is 474 g/mol. The number of hydrazone groups is 1. The van der Waals surface area contributed by atoms with Crippen LogP contribution in [0.5, 0.6) is 0 Å². The number of benzene rings is 1. The Morgan fingerprint density at radius 3 is 2.37 bits per heavy atom. The first-order valence-corrected chi connectivity index (χ1v) is 11.8. The maximum atomic E-state index is 13.8. The van der Waals surface area contributed by atoms with Gasteiger partial charge in [0, 0.05) is 40.7 Å². The van der Waals surface area contributed by atoms with Gasteiger partial charge in [0.05, 0.1) is 5.41 Å².